The van der Waals surface area contributed by atoms with Crippen molar-refractivity contribution in [2.24, 2.45) is 0 Å². The van der Waals surface area contributed by atoms with Gasteiger partial charge in [-0.05, 0) is 49.9 Å². The lowest BCUT2D eigenvalue weighted by Crippen LogP contribution is -2.24. The molecular formula is C38H46Br2O16. The van der Waals surface area contributed by atoms with Gasteiger partial charge in [0.2, 0.25) is 0 Å². The van der Waals surface area contributed by atoms with Crippen molar-refractivity contribution in [1.29, 1.82) is 0 Å². The molecule has 2 rings (SSSR count). The number of hydrogen-bond donors (Lipinski definition) is 0. The lowest BCUT2D eigenvalue weighted by Gasteiger charge is -2.10. The molecule has 308 valence electrons. The normalized spacial score (nSPS) is 10.1. The Kier molecular flexibility index (Phi) is 27.6. The van der Waals surface area contributed by atoms with Crippen molar-refractivity contribution in [2.75, 3.05) is 57.4 Å². The van der Waals surface area contributed by atoms with Crippen LogP contribution in [0.4, 0.5) is 0 Å². The fraction of sp³-hybridized carbons (Fsp3) is 0.474. The van der Waals surface area contributed by atoms with E-state index >= 15 is 0 Å². The van der Waals surface area contributed by atoms with Crippen LogP contribution in [0.3, 0.4) is 0 Å². The largest absolute Gasteiger partial charge is 0.496 e. The third-order valence-electron chi connectivity index (χ3n) is 6.83. The van der Waals surface area contributed by atoms with Crippen LogP contribution in [0, 0.1) is 0 Å². The SMILES string of the molecule is COc1ccccc1C(=O)OCC(=O)OCC(=O)OCCOC(=O)COC(=O)COC(=O)c1ccccc1OC(=O)CCCCCCBr.O=CCCCCCBr. The molecule has 16 nitrogen and oxygen atoms in total. The molecule has 0 N–H and O–H groups in total. The van der Waals surface area contributed by atoms with Crippen molar-refractivity contribution < 1.29 is 76.3 Å². The summed E-state index contributed by atoms with van der Waals surface area (Å²) in [6.07, 6.45) is 8.78. The summed E-state index contributed by atoms with van der Waals surface area (Å²) in [4.78, 5) is 93.6. The quantitative estimate of drug-likeness (QED) is 0.0294. The van der Waals surface area contributed by atoms with Crippen molar-refractivity contribution >= 4 is 79.9 Å². The van der Waals surface area contributed by atoms with E-state index in [9.17, 15) is 38.4 Å². The van der Waals surface area contributed by atoms with Crippen molar-refractivity contribution in [3.8, 4) is 11.5 Å². The Morgan fingerprint density at radius 1 is 0.518 bits per heavy atom. The van der Waals surface area contributed by atoms with E-state index < -0.39 is 81.4 Å². The molecule has 0 aliphatic rings. The van der Waals surface area contributed by atoms with Gasteiger partial charge in [-0.2, -0.15) is 0 Å². The number of alkyl halides is 2. The molecule has 2 aromatic rings. The summed E-state index contributed by atoms with van der Waals surface area (Å²) in [5.41, 5.74) is 0.0224. The van der Waals surface area contributed by atoms with E-state index in [4.69, 9.17) is 33.2 Å². The highest BCUT2D eigenvalue weighted by atomic mass is 79.9. The zero-order chi connectivity index (χ0) is 41.4. The van der Waals surface area contributed by atoms with Crippen LogP contribution in [-0.4, -0.2) is 105 Å². The number of carbonyl (C=O) groups excluding carboxylic acids is 8. The lowest BCUT2D eigenvalue weighted by molar-refractivity contribution is -0.165. The van der Waals surface area contributed by atoms with E-state index in [-0.39, 0.29) is 29.0 Å². The van der Waals surface area contributed by atoms with Crippen LogP contribution in [-0.2, 0) is 57.2 Å². The van der Waals surface area contributed by atoms with Gasteiger partial charge < -0.3 is 42.7 Å². The number of carbonyl (C=O) groups is 8. The Labute approximate surface area is 341 Å². The number of methoxy groups -OCH3 is 1. The van der Waals surface area contributed by atoms with Gasteiger partial charge in [0.25, 0.3) is 0 Å². The van der Waals surface area contributed by atoms with Gasteiger partial charge in [-0.1, -0.05) is 75.4 Å². The number of halogens is 2. The second-order valence-corrected chi connectivity index (χ2v) is 12.7. The smallest absolute Gasteiger partial charge is 0.344 e. The number of ether oxygens (including phenoxy) is 8. The molecule has 0 aliphatic carbocycles. The Balaban J connectivity index is 0.00000176. The summed E-state index contributed by atoms with van der Waals surface area (Å²) >= 11 is 6.66. The molecule has 2 aromatic carbocycles. The molecule has 0 spiro atoms. The first-order chi connectivity index (χ1) is 27.1. The van der Waals surface area contributed by atoms with Crippen molar-refractivity contribution in [3.63, 3.8) is 0 Å². The number of benzene rings is 2. The summed E-state index contributed by atoms with van der Waals surface area (Å²) in [6.45, 7) is -4.02. The molecule has 0 aromatic heterocycles. The number of unbranched alkanes of at least 4 members (excludes halogenated alkanes) is 6. The topological polar surface area (TPSA) is 210 Å². The van der Waals surface area contributed by atoms with Crippen LogP contribution in [0.2, 0.25) is 0 Å². The number of hydrogen-bond acceptors (Lipinski definition) is 16. The highest BCUT2D eigenvalue weighted by Gasteiger charge is 2.19. The summed E-state index contributed by atoms with van der Waals surface area (Å²) in [7, 11) is 1.37. The second kappa shape index (κ2) is 31.4. The van der Waals surface area contributed by atoms with Gasteiger partial charge in [-0.3, -0.25) is 4.79 Å². The first kappa shape index (κ1) is 49.2. The van der Waals surface area contributed by atoms with E-state index in [2.05, 4.69) is 36.6 Å². The van der Waals surface area contributed by atoms with E-state index in [0.29, 0.717) is 6.42 Å². The zero-order valence-electron chi connectivity index (χ0n) is 31.0. The standard InChI is InChI=1S/C32H35BrO15.C6H11BrO/c1-41-24-12-7-5-10-22(24)31(39)46-20-29(37)44-18-27(35)42-16-17-43-28(36)19-45-30(38)21-47-32(40)23-11-6-8-13-25(23)48-26(34)14-4-2-3-9-15-33;7-5-3-1-2-4-6-8/h5-8,10-13H,2-4,9,14-21H2,1H3;6H,1-5H2. The minimum absolute atomic E-state index is 0.0190. The molecule has 0 saturated carbocycles. The first-order valence-electron chi connectivity index (χ1n) is 17.5. The van der Waals surface area contributed by atoms with Crippen molar-refractivity contribution in [1.82, 2.24) is 0 Å². The summed E-state index contributed by atoms with van der Waals surface area (Å²) < 4.78 is 38.9. The molecule has 0 amide bonds. The van der Waals surface area contributed by atoms with Gasteiger partial charge in [0.1, 0.15) is 42.1 Å². The Bertz CT molecular complexity index is 1550. The predicted octanol–water partition coefficient (Wildman–Crippen LogP) is 5.27. The summed E-state index contributed by atoms with van der Waals surface area (Å²) in [6, 6.07) is 12.1. The van der Waals surface area contributed by atoms with Gasteiger partial charge in [0.05, 0.1) is 7.11 Å². The Hall–Kier alpha value is -4.84. The average Bonchev–Trinajstić information content (AvgIpc) is 3.21. The van der Waals surface area contributed by atoms with E-state index in [0.717, 1.165) is 49.1 Å². The number of rotatable bonds is 26. The van der Waals surface area contributed by atoms with Gasteiger partial charge in [-0.15, -0.1) is 0 Å². The van der Waals surface area contributed by atoms with Crippen LogP contribution in [0.15, 0.2) is 48.5 Å². The first-order valence-corrected chi connectivity index (χ1v) is 19.8. The highest BCUT2D eigenvalue weighted by molar-refractivity contribution is 9.09. The Morgan fingerprint density at radius 3 is 1.45 bits per heavy atom. The summed E-state index contributed by atoms with van der Waals surface area (Å²) in [5, 5.41) is 1.95. The van der Waals surface area contributed by atoms with E-state index in [1.165, 1.54) is 50.3 Å². The highest BCUT2D eigenvalue weighted by Crippen LogP contribution is 2.21. The monoisotopic (exact) mass is 916 g/mol. The fourth-order valence-electron chi connectivity index (χ4n) is 4.09. The molecule has 0 atom stereocenters. The van der Waals surface area contributed by atoms with Crippen LogP contribution in [0.5, 0.6) is 11.5 Å². The molecule has 0 saturated heterocycles. The minimum atomic E-state index is -1.06. The maximum Gasteiger partial charge on any atom is 0.344 e. The molecule has 56 heavy (non-hydrogen) atoms. The van der Waals surface area contributed by atoms with E-state index in [1.54, 1.807) is 18.2 Å². The average molecular weight is 919 g/mol. The van der Waals surface area contributed by atoms with Crippen molar-refractivity contribution in [3.05, 3.63) is 59.7 Å². The minimum Gasteiger partial charge on any atom is -0.496 e. The third-order valence-corrected chi connectivity index (χ3v) is 7.95. The molecule has 0 aliphatic heterocycles. The van der Waals surface area contributed by atoms with Gasteiger partial charge >= 0.3 is 41.8 Å². The van der Waals surface area contributed by atoms with Crippen LogP contribution >= 0.6 is 31.9 Å². The molecule has 0 heterocycles. The van der Waals surface area contributed by atoms with Crippen LogP contribution in [0.25, 0.3) is 0 Å². The molecule has 0 fully saturated rings. The van der Waals surface area contributed by atoms with Crippen molar-refractivity contribution in [2.45, 2.75) is 57.8 Å². The number of esters is 7. The zero-order valence-corrected chi connectivity index (χ0v) is 34.2. The van der Waals surface area contributed by atoms with Gasteiger partial charge in [0, 0.05) is 23.5 Å². The molecule has 18 heteroatoms. The number of para-hydroxylation sites is 2. The Morgan fingerprint density at radius 2 is 0.946 bits per heavy atom. The van der Waals surface area contributed by atoms with Crippen LogP contribution in [0.1, 0.15) is 78.5 Å². The summed E-state index contributed by atoms with van der Waals surface area (Å²) in [5.74, 6) is -6.08. The molecule has 0 bridgehead atoms. The second-order valence-electron chi connectivity index (χ2n) is 11.1. The molecular weight excluding hydrogens is 872 g/mol. The fourth-order valence-corrected chi connectivity index (χ4v) is 4.88. The van der Waals surface area contributed by atoms with Crippen LogP contribution < -0.4 is 9.47 Å². The maximum absolute atomic E-state index is 12.5. The third kappa shape index (κ3) is 23.2. The van der Waals surface area contributed by atoms with E-state index in [1.807, 2.05) is 0 Å². The molecule has 0 radical (unpaired) electrons. The van der Waals surface area contributed by atoms with Gasteiger partial charge in [0.15, 0.2) is 26.4 Å². The molecule has 0 unspecified atom stereocenters. The lowest BCUT2D eigenvalue weighted by atomic mass is 10.1. The number of aldehydes is 1. The van der Waals surface area contributed by atoms with Gasteiger partial charge in [-0.25, -0.2) is 28.8 Å². The predicted molar refractivity (Wildman–Crippen MR) is 205 cm³/mol. The maximum atomic E-state index is 12.5.